The van der Waals surface area contributed by atoms with Gasteiger partial charge in [-0.2, -0.15) is 0 Å². The zero-order valence-electron chi connectivity index (χ0n) is 9.31. The van der Waals surface area contributed by atoms with Gasteiger partial charge < -0.3 is 9.64 Å². The molecule has 0 atom stereocenters. The molecule has 0 spiro atoms. The molecule has 0 N–H and O–H groups in total. The summed E-state index contributed by atoms with van der Waals surface area (Å²) in [5.41, 5.74) is 2.18. The number of hydrogen-bond acceptors (Lipinski definition) is 3. The van der Waals surface area contributed by atoms with Gasteiger partial charge in [-0.25, -0.2) is 0 Å². The molecular formula is C13H14N2O. The van der Waals surface area contributed by atoms with Crippen LogP contribution in [0.5, 0.6) is 5.75 Å². The highest BCUT2D eigenvalue weighted by atomic mass is 16.5. The second-order valence-electron chi connectivity index (χ2n) is 4.06. The van der Waals surface area contributed by atoms with E-state index in [9.17, 15) is 0 Å². The molecule has 0 unspecified atom stereocenters. The third-order valence-corrected chi connectivity index (χ3v) is 3.10. The average Bonchev–Trinajstić information content (AvgIpc) is 2.26. The molecular weight excluding hydrogens is 200 g/mol. The van der Waals surface area contributed by atoms with E-state index in [4.69, 9.17) is 4.74 Å². The molecule has 1 aromatic carbocycles. The predicted molar refractivity (Wildman–Crippen MR) is 65.1 cm³/mol. The Balaban J connectivity index is 2.17. The molecule has 16 heavy (non-hydrogen) atoms. The summed E-state index contributed by atoms with van der Waals surface area (Å²) in [6.45, 7) is 2.25. The van der Waals surface area contributed by atoms with Crippen LogP contribution in [-0.4, -0.2) is 25.2 Å². The van der Waals surface area contributed by atoms with E-state index in [1.54, 1.807) is 7.11 Å². The van der Waals surface area contributed by atoms with E-state index in [1.807, 2.05) is 18.3 Å². The molecule has 1 aromatic heterocycles. The molecule has 3 nitrogen and oxygen atoms in total. The summed E-state index contributed by atoms with van der Waals surface area (Å²) >= 11 is 0. The van der Waals surface area contributed by atoms with E-state index in [-0.39, 0.29) is 0 Å². The minimum Gasteiger partial charge on any atom is -0.495 e. The SMILES string of the molecule is COc1cc2ncccc2cc1N1CCC1. The van der Waals surface area contributed by atoms with Crippen molar-refractivity contribution in [1.29, 1.82) is 0 Å². The number of methoxy groups -OCH3 is 1. The molecule has 0 amide bonds. The van der Waals surface area contributed by atoms with Gasteiger partial charge in [0.25, 0.3) is 0 Å². The lowest BCUT2D eigenvalue weighted by Crippen LogP contribution is -2.37. The third kappa shape index (κ3) is 1.40. The van der Waals surface area contributed by atoms with Crippen LogP contribution in [0.3, 0.4) is 0 Å². The molecule has 0 radical (unpaired) electrons. The Labute approximate surface area is 94.7 Å². The topological polar surface area (TPSA) is 25.4 Å². The molecule has 2 heterocycles. The van der Waals surface area contributed by atoms with E-state index in [2.05, 4.69) is 22.0 Å². The molecule has 0 aliphatic carbocycles. The van der Waals surface area contributed by atoms with Gasteiger partial charge in [0.1, 0.15) is 5.75 Å². The molecule has 3 heteroatoms. The Morgan fingerprint density at radius 2 is 2.19 bits per heavy atom. The minimum absolute atomic E-state index is 0.922. The molecule has 0 saturated carbocycles. The fraction of sp³-hybridized carbons (Fsp3) is 0.308. The van der Waals surface area contributed by atoms with Crippen LogP contribution in [0.25, 0.3) is 10.9 Å². The van der Waals surface area contributed by atoms with Gasteiger partial charge in [0.15, 0.2) is 0 Å². The Morgan fingerprint density at radius 3 is 2.88 bits per heavy atom. The normalized spacial score (nSPS) is 14.9. The Hall–Kier alpha value is -1.77. The number of hydrogen-bond donors (Lipinski definition) is 0. The van der Waals surface area contributed by atoms with Gasteiger partial charge in [0.05, 0.1) is 18.3 Å². The predicted octanol–water partition coefficient (Wildman–Crippen LogP) is 2.45. The summed E-state index contributed by atoms with van der Waals surface area (Å²) in [6, 6.07) is 8.24. The Kier molecular flexibility index (Phi) is 2.17. The van der Waals surface area contributed by atoms with E-state index >= 15 is 0 Å². The lowest BCUT2D eigenvalue weighted by atomic mass is 10.1. The number of fused-ring (bicyclic) bond motifs is 1. The molecule has 0 bridgehead atoms. The van der Waals surface area contributed by atoms with Crippen LogP contribution in [0.2, 0.25) is 0 Å². The standard InChI is InChI=1S/C13H14N2O/c1-16-13-9-11-10(4-2-5-14-11)8-12(13)15-6-3-7-15/h2,4-5,8-9H,3,6-7H2,1H3. The highest BCUT2D eigenvalue weighted by Gasteiger charge is 2.18. The van der Waals surface area contributed by atoms with Crippen molar-refractivity contribution in [3.05, 3.63) is 30.5 Å². The average molecular weight is 214 g/mol. The van der Waals surface area contributed by atoms with Crippen LogP contribution < -0.4 is 9.64 Å². The second-order valence-corrected chi connectivity index (χ2v) is 4.06. The largest absolute Gasteiger partial charge is 0.495 e. The van der Waals surface area contributed by atoms with Crippen LogP contribution in [0, 0.1) is 0 Å². The van der Waals surface area contributed by atoms with Crippen LogP contribution in [-0.2, 0) is 0 Å². The number of pyridine rings is 1. The molecule has 3 rings (SSSR count). The zero-order valence-corrected chi connectivity index (χ0v) is 9.31. The van der Waals surface area contributed by atoms with Crippen LogP contribution in [0.1, 0.15) is 6.42 Å². The van der Waals surface area contributed by atoms with E-state index in [1.165, 1.54) is 17.5 Å². The summed E-state index contributed by atoms with van der Waals surface area (Å²) in [5.74, 6) is 0.922. The molecule has 1 aliphatic rings. The van der Waals surface area contributed by atoms with Gasteiger partial charge in [0.2, 0.25) is 0 Å². The van der Waals surface area contributed by atoms with Crippen molar-refractivity contribution in [3.8, 4) is 5.75 Å². The first-order valence-corrected chi connectivity index (χ1v) is 5.56. The molecule has 1 saturated heterocycles. The van der Waals surface area contributed by atoms with E-state index < -0.39 is 0 Å². The maximum atomic E-state index is 5.43. The van der Waals surface area contributed by atoms with Crippen molar-refractivity contribution in [3.63, 3.8) is 0 Å². The van der Waals surface area contributed by atoms with Crippen molar-refractivity contribution in [2.45, 2.75) is 6.42 Å². The van der Waals surface area contributed by atoms with Crippen LogP contribution >= 0.6 is 0 Å². The van der Waals surface area contributed by atoms with Crippen LogP contribution in [0.4, 0.5) is 5.69 Å². The number of aromatic nitrogens is 1. The van der Waals surface area contributed by atoms with Crippen molar-refractivity contribution < 1.29 is 4.74 Å². The Morgan fingerprint density at radius 1 is 1.31 bits per heavy atom. The maximum absolute atomic E-state index is 5.43. The summed E-state index contributed by atoms with van der Waals surface area (Å²) in [7, 11) is 1.72. The molecule has 82 valence electrons. The number of rotatable bonds is 2. The van der Waals surface area contributed by atoms with Gasteiger partial charge in [-0.05, 0) is 18.6 Å². The zero-order chi connectivity index (χ0) is 11.0. The van der Waals surface area contributed by atoms with Gasteiger partial charge in [-0.1, -0.05) is 6.07 Å². The highest BCUT2D eigenvalue weighted by Crippen LogP contribution is 2.34. The van der Waals surface area contributed by atoms with E-state index in [0.29, 0.717) is 0 Å². The monoisotopic (exact) mass is 214 g/mol. The lowest BCUT2D eigenvalue weighted by Gasteiger charge is -2.34. The summed E-state index contributed by atoms with van der Waals surface area (Å²) < 4.78 is 5.43. The minimum atomic E-state index is 0.922. The smallest absolute Gasteiger partial charge is 0.144 e. The first-order chi connectivity index (χ1) is 7.88. The van der Waals surface area contributed by atoms with E-state index in [0.717, 1.165) is 24.4 Å². The third-order valence-electron chi connectivity index (χ3n) is 3.10. The fourth-order valence-electron chi connectivity index (χ4n) is 2.06. The number of anilines is 1. The first kappa shape index (κ1) is 9.46. The summed E-state index contributed by atoms with van der Waals surface area (Å²) in [5, 5.41) is 1.17. The van der Waals surface area contributed by atoms with Gasteiger partial charge >= 0.3 is 0 Å². The quantitative estimate of drug-likeness (QED) is 0.767. The molecule has 1 aliphatic heterocycles. The fourth-order valence-corrected chi connectivity index (χ4v) is 2.06. The maximum Gasteiger partial charge on any atom is 0.144 e. The number of ether oxygens (including phenoxy) is 1. The second kappa shape index (κ2) is 3.67. The van der Waals surface area contributed by atoms with Crippen molar-refractivity contribution >= 4 is 16.6 Å². The highest BCUT2D eigenvalue weighted by molar-refractivity contribution is 5.86. The number of nitrogens with zero attached hydrogens (tertiary/aromatic N) is 2. The molecule has 1 fully saturated rings. The summed E-state index contributed by atoms with van der Waals surface area (Å²) in [4.78, 5) is 6.67. The van der Waals surface area contributed by atoms with Gasteiger partial charge in [-0.3, -0.25) is 4.98 Å². The first-order valence-electron chi connectivity index (χ1n) is 5.56. The van der Waals surface area contributed by atoms with Gasteiger partial charge in [0, 0.05) is 30.7 Å². The van der Waals surface area contributed by atoms with Gasteiger partial charge in [-0.15, -0.1) is 0 Å². The number of benzene rings is 1. The lowest BCUT2D eigenvalue weighted by molar-refractivity contribution is 0.412. The molecule has 2 aromatic rings. The van der Waals surface area contributed by atoms with Crippen molar-refractivity contribution in [2.75, 3.05) is 25.1 Å². The Bertz CT molecular complexity index is 520. The summed E-state index contributed by atoms with van der Waals surface area (Å²) in [6.07, 6.45) is 3.08. The van der Waals surface area contributed by atoms with Crippen LogP contribution in [0.15, 0.2) is 30.5 Å². The van der Waals surface area contributed by atoms with Crippen molar-refractivity contribution in [2.24, 2.45) is 0 Å². The van der Waals surface area contributed by atoms with Crippen molar-refractivity contribution in [1.82, 2.24) is 4.98 Å².